The Morgan fingerprint density at radius 3 is 2.23 bits per heavy atom. The first-order valence-electron chi connectivity index (χ1n) is 12.2. The zero-order valence-electron chi connectivity index (χ0n) is 20.0. The van der Waals surface area contributed by atoms with Crippen molar-refractivity contribution in [1.82, 2.24) is 10.2 Å². The van der Waals surface area contributed by atoms with Crippen molar-refractivity contribution in [2.75, 3.05) is 19.7 Å². The van der Waals surface area contributed by atoms with Crippen LogP contribution >= 0.6 is 11.6 Å². The lowest BCUT2D eigenvalue weighted by molar-refractivity contribution is -0.148. The molecule has 182 valence electrons. The van der Waals surface area contributed by atoms with Crippen molar-refractivity contribution < 1.29 is 14.3 Å². The minimum Gasteiger partial charge on any atom is -0.465 e. The first-order valence-corrected chi connectivity index (χ1v) is 12.5. The number of halogens is 1. The number of ether oxygens (including phenoxy) is 1. The van der Waals surface area contributed by atoms with Crippen molar-refractivity contribution in [3.05, 3.63) is 94.5 Å². The van der Waals surface area contributed by atoms with Crippen LogP contribution in [0.1, 0.15) is 41.3 Å². The van der Waals surface area contributed by atoms with Gasteiger partial charge in [0.1, 0.15) is 6.04 Å². The van der Waals surface area contributed by atoms with Gasteiger partial charge < -0.3 is 10.1 Å². The summed E-state index contributed by atoms with van der Waals surface area (Å²) in [6, 6.07) is 23.5. The molecule has 1 aliphatic heterocycles. The third-order valence-electron chi connectivity index (χ3n) is 6.35. The Bertz CT molecular complexity index is 1130. The molecule has 3 aromatic rings. The van der Waals surface area contributed by atoms with E-state index in [1.54, 1.807) is 0 Å². The van der Waals surface area contributed by atoms with Crippen molar-refractivity contribution in [3.8, 4) is 11.1 Å². The van der Waals surface area contributed by atoms with Crippen LogP contribution in [0, 0.1) is 0 Å². The van der Waals surface area contributed by atoms with Crippen LogP contribution in [0.15, 0.2) is 72.8 Å². The molecule has 3 aromatic carbocycles. The molecule has 5 nitrogen and oxygen atoms in total. The van der Waals surface area contributed by atoms with Crippen molar-refractivity contribution in [3.63, 3.8) is 0 Å². The maximum Gasteiger partial charge on any atom is 0.323 e. The van der Waals surface area contributed by atoms with Crippen LogP contribution in [-0.2, 0) is 22.5 Å². The maximum atomic E-state index is 12.5. The highest BCUT2D eigenvalue weighted by molar-refractivity contribution is 6.30. The molecule has 1 aliphatic rings. The second-order valence-corrected chi connectivity index (χ2v) is 9.22. The smallest absolute Gasteiger partial charge is 0.323 e. The molecule has 1 atom stereocenters. The molecule has 0 spiro atoms. The Morgan fingerprint density at radius 2 is 1.57 bits per heavy atom. The van der Waals surface area contributed by atoms with E-state index in [4.69, 9.17) is 16.3 Å². The van der Waals surface area contributed by atoms with Gasteiger partial charge in [-0.15, -0.1) is 0 Å². The molecule has 0 bridgehead atoms. The van der Waals surface area contributed by atoms with Crippen LogP contribution < -0.4 is 5.32 Å². The van der Waals surface area contributed by atoms with Crippen molar-refractivity contribution in [2.24, 2.45) is 0 Å². The molecule has 4 rings (SSSR count). The Hall–Kier alpha value is -3.15. The molecule has 35 heavy (non-hydrogen) atoms. The highest BCUT2D eigenvalue weighted by Gasteiger charge is 2.31. The molecule has 1 heterocycles. The van der Waals surface area contributed by atoms with Crippen LogP contribution in [-0.4, -0.2) is 42.5 Å². The van der Waals surface area contributed by atoms with Gasteiger partial charge in [0, 0.05) is 23.7 Å². The van der Waals surface area contributed by atoms with E-state index in [-0.39, 0.29) is 17.9 Å². The number of benzene rings is 3. The molecule has 6 heteroatoms. The van der Waals surface area contributed by atoms with E-state index in [1.165, 1.54) is 5.56 Å². The lowest BCUT2D eigenvalue weighted by Gasteiger charge is -2.22. The summed E-state index contributed by atoms with van der Waals surface area (Å²) in [5.74, 6) is -0.194. The number of esters is 1. The monoisotopic (exact) mass is 490 g/mol. The lowest BCUT2D eigenvalue weighted by Crippen LogP contribution is -2.36. The molecular formula is C29H31ClN2O3. The largest absolute Gasteiger partial charge is 0.465 e. The third kappa shape index (κ3) is 6.71. The van der Waals surface area contributed by atoms with E-state index in [0.29, 0.717) is 23.7 Å². The van der Waals surface area contributed by atoms with Crippen molar-refractivity contribution in [1.29, 1.82) is 0 Å². The van der Waals surface area contributed by atoms with E-state index in [2.05, 4.69) is 34.5 Å². The molecule has 0 aromatic heterocycles. The fraction of sp³-hybridized carbons (Fsp3) is 0.310. The van der Waals surface area contributed by atoms with E-state index < -0.39 is 0 Å². The number of likely N-dealkylation sites (tertiary alicyclic amines) is 1. The number of amides is 1. The standard InChI is InChI=1S/C29H31ClN2O3/c1-2-35-29(34)27-4-3-19-32(27)20-22-7-5-21(6-8-22)17-18-31-28(33)25-11-9-23(10-12-25)24-13-15-26(30)16-14-24/h5-16,27H,2-4,17-20H2,1H3,(H,31,33)/t27-/m0/s1. The van der Waals surface area contributed by atoms with Crippen LogP contribution in [0.2, 0.25) is 5.02 Å². The number of nitrogens with zero attached hydrogens (tertiary/aromatic N) is 1. The summed E-state index contributed by atoms with van der Waals surface area (Å²) in [4.78, 5) is 26.9. The number of hydrogen-bond donors (Lipinski definition) is 1. The van der Waals surface area contributed by atoms with Gasteiger partial charge in [-0.3, -0.25) is 14.5 Å². The molecule has 0 aliphatic carbocycles. The minimum absolute atomic E-state index is 0.0803. The quantitative estimate of drug-likeness (QED) is 0.402. The zero-order chi connectivity index (χ0) is 24.6. The summed E-state index contributed by atoms with van der Waals surface area (Å²) < 4.78 is 5.22. The van der Waals surface area contributed by atoms with Crippen LogP contribution in [0.4, 0.5) is 0 Å². The van der Waals surface area contributed by atoms with Crippen LogP contribution in [0.5, 0.6) is 0 Å². The molecule has 0 radical (unpaired) electrons. The van der Waals surface area contributed by atoms with Gasteiger partial charge in [-0.1, -0.05) is 60.1 Å². The topological polar surface area (TPSA) is 58.6 Å². The van der Waals surface area contributed by atoms with Crippen molar-refractivity contribution >= 4 is 23.5 Å². The fourth-order valence-electron chi connectivity index (χ4n) is 4.45. The van der Waals surface area contributed by atoms with Gasteiger partial charge in [0.05, 0.1) is 6.61 Å². The molecule has 0 unspecified atom stereocenters. The van der Waals surface area contributed by atoms with E-state index in [9.17, 15) is 9.59 Å². The summed E-state index contributed by atoms with van der Waals surface area (Å²) in [5.41, 5.74) is 5.08. The van der Waals surface area contributed by atoms with Gasteiger partial charge >= 0.3 is 5.97 Å². The van der Waals surface area contributed by atoms with Crippen LogP contribution in [0.3, 0.4) is 0 Å². The molecule has 1 amide bonds. The van der Waals surface area contributed by atoms with Gasteiger partial charge in [-0.05, 0) is 79.3 Å². The minimum atomic E-state index is -0.134. The van der Waals surface area contributed by atoms with Gasteiger partial charge in [0.2, 0.25) is 0 Å². The Kier molecular flexibility index (Phi) is 8.56. The second kappa shape index (κ2) is 12.0. The average Bonchev–Trinajstić information content (AvgIpc) is 3.34. The number of nitrogens with one attached hydrogen (secondary N) is 1. The number of carbonyl (C=O) groups is 2. The summed E-state index contributed by atoms with van der Waals surface area (Å²) in [5, 5.41) is 3.70. The Balaban J connectivity index is 1.24. The number of rotatable bonds is 9. The molecule has 1 saturated heterocycles. The molecule has 0 saturated carbocycles. The second-order valence-electron chi connectivity index (χ2n) is 8.79. The summed E-state index contributed by atoms with van der Waals surface area (Å²) in [6.45, 7) is 4.48. The first-order chi connectivity index (χ1) is 17.0. The highest BCUT2D eigenvalue weighted by atomic mass is 35.5. The summed E-state index contributed by atoms with van der Waals surface area (Å²) in [6.07, 6.45) is 2.63. The van der Waals surface area contributed by atoms with Gasteiger partial charge in [0.25, 0.3) is 5.91 Å². The van der Waals surface area contributed by atoms with Crippen LogP contribution in [0.25, 0.3) is 11.1 Å². The van der Waals surface area contributed by atoms with Crippen molar-refractivity contribution in [2.45, 2.75) is 38.8 Å². The van der Waals surface area contributed by atoms with E-state index in [1.807, 2.05) is 55.5 Å². The Labute approximate surface area is 212 Å². The van der Waals surface area contributed by atoms with E-state index in [0.717, 1.165) is 49.0 Å². The summed E-state index contributed by atoms with van der Waals surface area (Å²) in [7, 11) is 0. The molecule has 1 fully saturated rings. The Morgan fingerprint density at radius 1 is 0.943 bits per heavy atom. The average molecular weight is 491 g/mol. The number of hydrogen-bond acceptors (Lipinski definition) is 4. The van der Waals surface area contributed by atoms with E-state index >= 15 is 0 Å². The first kappa shape index (κ1) is 25.0. The fourth-order valence-corrected chi connectivity index (χ4v) is 4.57. The lowest BCUT2D eigenvalue weighted by atomic mass is 10.0. The molecule has 1 N–H and O–H groups in total. The summed E-state index contributed by atoms with van der Waals surface area (Å²) >= 11 is 5.96. The third-order valence-corrected chi connectivity index (χ3v) is 6.61. The highest BCUT2D eigenvalue weighted by Crippen LogP contribution is 2.23. The van der Waals surface area contributed by atoms with Gasteiger partial charge in [0.15, 0.2) is 0 Å². The molecular weight excluding hydrogens is 460 g/mol. The number of carbonyl (C=O) groups excluding carboxylic acids is 2. The predicted octanol–water partition coefficient (Wildman–Crippen LogP) is 5.51. The van der Waals surface area contributed by atoms with Gasteiger partial charge in [-0.2, -0.15) is 0 Å². The maximum absolute atomic E-state index is 12.5. The predicted molar refractivity (Wildman–Crippen MR) is 139 cm³/mol. The van der Waals surface area contributed by atoms with Gasteiger partial charge in [-0.25, -0.2) is 0 Å². The SMILES string of the molecule is CCOC(=O)[C@@H]1CCCN1Cc1ccc(CCNC(=O)c2ccc(-c3ccc(Cl)cc3)cc2)cc1. The normalized spacial score (nSPS) is 15.7. The zero-order valence-corrected chi connectivity index (χ0v) is 20.8.